The van der Waals surface area contributed by atoms with Gasteiger partial charge in [-0.3, -0.25) is 0 Å². The fourth-order valence-corrected chi connectivity index (χ4v) is 2.26. The summed E-state index contributed by atoms with van der Waals surface area (Å²) < 4.78 is 0. The number of allylic oxidation sites excluding steroid dienone is 1. The molecule has 17 heavy (non-hydrogen) atoms. The Morgan fingerprint density at radius 3 is 2.76 bits per heavy atom. The molecule has 0 fully saturated rings. The highest BCUT2D eigenvalue weighted by Crippen LogP contribution is 2.34. The van der Waals surface area contributed by atoms with Crippen molar-refractivity contribution in [3.8, 4) is 0 Å². The van der Waals surface area contributed by atoms with Gasteiger partial charge < -0.3 is 5.73 Å². The van der Waals surface area contributed by atoms with Crippen molar-refractivity contribution in [2.24, 2.45) is 10.7 Å². The third kappa shape index (κ3) is 4.11. The summed E-state index contributed by atoms with van der Waals surface area (Å²) in [6, 6.07) is 5.41. The van der Waals surface area contributed by atoms with E-state index in [0.29, 0.717) is 20.8 Å². The predicted molar refractivity (Wildman–Crippen MR) is 77.9 cm³/mol. The maximum absolute atomic E-state index is 6.08. The van der Waals surface area contributed by atoms with Crippen LogP contribution in [0.25, 0.3) is 0 Å². The van der Waals surface area contributed by atoms with Crippen LogP contribution in [0.3, 0.4) is 0 Å². The van der Waals surface area contributed by atoms with Crippen molar-refractivity contribution >= 4 is 40.0 Å². The number of nitrogens with zero attached hydrogens (tertiary/aromatic N) is 1. The van der Waals surface area contributed by atoms with E-state index in [9.17, 15) is 0 Å². The molecule has 1 aromatic rings. The maximum atomic E-state index is 6.08. The lowest BCUT2D eigenvalue weighted by molar-refractivity contribution is 1.45. The Balaban J connectivity index is 3.02. The molecule has 0 spiro atoms. The third-order valence-electron chi connectivity index (χ3n) is 1.74. The number of nitrogens with two attached hydrogens (primary N) is 1. The van der Waals surface area contributed by atoms with Crippen molar-refractivity contribution in [3.63, 3.8) is 0 Å². The molecular weight excluding hydrogens is 275 g/mol. The lowest BCUT2D eigenvalue weighted by Crippen LogP contribution is -2.05. The average molecular weight is 287 g/mol. The Morgan fingerprint density at radius 1 is 1.47 bits per heavy atom. The molecule has 1 rings (SSSR count). The summed E-state index contributed by atoms with van der Waals surface area (Å²) in [6.45, 7) is 5.55. The summed E-state index contributed by atoms with van der Waals surface area (Å²) in [6.07, 6.45) is 3.46. The van der Waals surface area contributed by atoms with Crippen LogP contribution in [-0.4, -0.2) is 5.04 Å². The molecule has 0 radical (unpaired) electrons. The minimum absolute atomic E-state index is 0.393. The van der Waals surface area contributed by atoms with Gasteiger partial charge in [-0.25, -0.2) is 4.99 Å². The molecule has 0 atom stereocenters. The van der Waals surface area contributed by atoms with Crippen LogP contribution < -0.4 is 5.73 Å². The second-order valence-electron chi connectivity index (χ2n) is 3.10. The van der Waals surface area contributed by atoms with Crippen molar-refractivity contribution in [1.29, 1.82) is 0 Å². The van der Waals surface area contributed by atoms with Gasteiger partial charge in [0.25, 0.3) is 0 Å². The minimum atomic E-state index is 0.393. The zero-order chi connectivity index (χ0) is 12.8. The van der Waals surface area contributed by atoms with Gasteiger partial charge in [0.15, 0.2) is 0 Å². The van der Waals surface area contributed by atoms with E-state index >= 15 is 0 Å². The molecular formula is C12H12Cl2N2S. The number of thioether (sulfide) groups is 1. The van der Waals surface area contributed by atoms with Gasteiger partial charge in [-0.05, 0) is 19.1 Å². The molecule has 0 aliphatic rings. The maximum Gasteiger partial charge on any atom is 0.123 e. The van der Waals surface area contributed by atoms with E-state index in [1.807, 2.05) is 25.1 Å². The number of hydrogen-bond donors (Lipinski definition) is 1. The van der Waals surface area contributed by atoms with Gasteiger partial charge in [0.2, 0.25) is 0 Å². The second-order valence-corrected chi connectivity index (χ2v) is 4.91. The van der Waals surface area contributed by atoms with E-state index in [4.69, 9.17) is 28.9 Å². The molecule has 1 aromatic carbocycles. The lowest BCUT2D eigenvalue weighted by Gasteiger charge is -2.07. The van der Waals surface area contributed by atoms with Gasteiger partial charge in [0.1, 0.15) is 5.04 Å². The molecule has 0 heterocycles. The van der Waals surface area contributed by atoms with E-state index in [0.717, 1.165) is 4.90 Å². The standard InChI is InChI=1S/C12H12Cl2N2S/c1-3-7-16-12(8(2)15)17-10-6-4-5-9(13)11(10)14/h3-7H,2,15H2,1H3/b7-3-,16-12?. The number of aliphatic imine (C=N–C) groups is 1. The van der Waals surface area contributed by atoms with Crippen LogP contribution in [0.1, 0.15) is 6.92 Å². The number of hydrogen-bond acceptors (Lipinski definition) is 3. The first-order chi connectivity index (χ1) is 8.06. The predicted octanol–water partition coefficient (Wildman–Crippen LogP) is 4.49. The van der Waals surface area contributed by atoms with Gasteiger partial charge in [0.05, 0.1) is 15.7 Å². The Morgan fingerprint density at radius 2 is 2.18 bits per heavy atom. The van der Waals surface area contributed by atoms with Crippen LogP contribution in [0.5, 0.6) is 0 Å². The van der Waals surface area contributed by atoms with Crippen LogP contribution in [0.15, 0.2) is 52.6 Å². The van der Waals surface area contributed by atoms with Gasteiger partial charge in [-0.1, -0.05) is 53.7 Å². The molecule has 0 saturated heterocycles. The molecule has 2 N–H and O–H groups in total. The van der Waals surface area contributed by atoms with Crippen molar-refractivity contribution < 1.29 is 0 Å². The monoisotopic (exact) mass is 286 g/mol. The SMILES string of the molecule is C=C(N)C(=N/C=C\C)Sc1cccc(Cl)c1Cl. The van der Waals surface area contributed by atoms with Crippen molar-refractivity contribution in [2.75, 3.05) is 0 Å². The number of halogens is 2. The summed E-state index contributed by atoms with van der Waals surface area (Å²) in [5.74, 6) is 0. The first kappa shape index (κ1) is 14.2. The lowest BCUT2D eigenvalue weighted by atomic mass is 10.4. The topological polar surface area (TPSA) is 38.4 Å². The molecule has 5 heteroatoms. The normalized spacial score (nSPS) is 12.1. The fraction of sp³-hybridized carbons (Fsp3) is 0.0833. The summed E-state index contributed by atoms with van der Waals surface area (Å²) in [5, 5.41) is 1.60. The van der Waals surface area contributed by atoms with E-state index in [1.54, 1.807) is 12.3 Å². The Bertz CT molecular complexity index is 481. The van der Waals surface area contributed by atoms with E-state index in [1.165, 1.54) is 11.8 Å². The fourth-order valence-electron chi connectivity index (χ4n) is 0.984. The molecule has 2 nitrogen and oxygen atoms in total. The van der Waals surface area contributed by atoms with E-state index < -0.39 is 0 Å². The Hall–Kier alpha value is -0.900. The van der Waals surface area contributed by atoms with E-state index in [2.05, 4.69) is 11.6 Å². The zero-order valence-corrected chi connectivity index (χ0v) is 11.6. The van der Waals surface area contributed by atoms with Crippen LogP contribution in [-0.2, 0) is 0 Å². The third-order valence-corrected chi connectivity index (χ3v) is 3.79. The molecule has 0 aliphatic heterocycles. The molecule has 0 amide bonds. The minimum Gasteiger partial charge on any atom is -0.397 e. The summed E-state index contributed by atoms with van der Waals surface area (Å²) in [4.78, 5) is 4.98. The van der Waals surface area contributed by atoms with Crippen LogP contribution in [0.2, 0.25) is 10.0 Å². The quantitative estimate of drug-likeness (QED) is 0.505. The molecule has 90 valence electrons. The van der Waals surface area contributed by atoms with Gasteiger partial charge in [0, 0.05) is 11.1 Å². The van der Waals surface area contributed by atoms with Gasteiger partial charge in [-0.2, -0.15) is 0 Å². The van der Waals surface area contributed by atoms with Gasteiger partial charge in [-0.15, -0.1) is 0 Å². The first-order valence-corrected chi connectivity index (χ1v) is 6.39. The van der Waals surface area contributed by atoms with Crippen molar-refractivity contribution in [3.05, 3.63) is 52.8 Å². The highest BCUT2D eigenvalue weighted by molar-refractivity contribution is 8.14. The smallest absolute Gasteiger partial charge is 0.123 e. The van der Waals surface area contributed by atoms with Crippen LogP contribution in [0, 0.1) is 0 Å². The molecule has 0 aliphatic carbocycles. The van der Waals surface area contributed by atoms with E-state index in [-0.39, 0.29) is 0 Å². The molecule has 0 saturated carbocycles. The molecule has 0 aromatic heterocycles. The highest BCUT2D eigenvalue weighted by Gasteiger charge is 2.09. The largest absolute Gasteiger partial charge is 0.397 e. The number of benzene rings is 1. The summed E-state index contributed by atoms with van der Waals surface area (Å²) in [7, 11) is 0. The highest BCUT2D eigenvalue weighted by atomic mass is 35.5. The van der Waals surface area contributed by atoms with Crippen molar-refractivity contribution in [2.45, 2.75) is 11.8 Å². The second kappa shape index (κ2) is 6.74. The molecule has 0 bridgehead atoms. The van der Waals surface area contributed by atoms with Crippen LogP contribution >= 0.6 is 35.0 Å². The summed E-state index contributed by atoms with van der Waals surface area (Å²) in [5.41, 5.74) is 6.05. The first-order valence-electron chi connectivity index (χ1n) is 4.81. The Labute approximate surface area is 115 Å². The zero-order valence-electron chi connectivity index (χ0n) is 9.28. The number of rotatable bonds is 3. The molecule has 0 unspecified atom stereocenters. The summed E-state index contributed by atoms with van der Waals surface area (Å²) >= 11 is 13.3. The van der Waals surface area contributed by atoms with Gasteiger partial charge >= 0.3 is 0 Å². The van der Waals surface area contributed by atoms with Crippen LogP contribution in [0.4, 0.5) is 0 Å². The average Bonchev–Trinajstić information content (AvgIpc) is 2.29. The Kier molecular flexibility index (Phi) is 5.62. The van der Waals surface area contributed by atoms with Crippen molar-refractivity contribution in [1.82, 2.24) is 0 Å².